The molecule has 0 saturated carbocycles. The maximum absolute atomic E-state index is 12.5. The van der Waals surface area contributed by atoms with Crippen molar-refractivity contribution in [3.63, 3.8) is 0 Å². The van der Waals surface area contributed by atoms with Crippen LogP contribution in [-0.4, -0.2) is 57.7 Å². The molecule has 2 bridgehead atoms. The van der Waals surface area contributed by atoms with Crippen LogP contribution in [0.2, 0.25) is 0 Å². The lowest BCUT2D eigenvalue weighted by atomic mass is 9.72. The van der Waals surface area contributed by atoms with E-state index in [1.54, 1.807) is 0 Å². The molecule has 3 aliphatic rings. The summed E-state index contributed by atoms with van der Waals surface area (Å²) in [5.41, 5.74) is 1.82. The molecular weight excluding hydrogens is 328 g/mol. The van der Waals surface area contributed by atoms with E-state index in [-0.39, 0.29) is 24.6 Å². The van der Waals surface area contributed by atoms with Gasteiger partial charge in [0.05, 0.1) is 29.9 Å². The van der Waals surface area contributed by atoms with E-state index in [4.69, 9.17) is 4.98 Å². The van der Waals surface area contributed by atoms with E-state index in [1.807, 2.05) is 35.4 Å². The van der Waals surface area contributed by atoms with Crippen LogP contribution < -0.4 is 4.90 Å². The van der Waals surface area contributed by atoms with Gasteiger partial charge < -0.3 is 14.9 Å². The van der Waals surface area contributed by atoms with Gasteiger partial charge in [0.25, 0.3) is 0 Å². The number of hydrogen-bond donors (Lipinski definition) is 1. The van der Waals surface area contributed by atoms with E-state index < -0.39 is 0 Å². The Bertz CT molecular complexity index is 827. The molecule has 2 aromatic rings. The third-order valence-electron chi connectivity index (χ3n) is 6.44. The zero-order valence-corrected chi connectivity index (χ0v) is 14.8. The van der Waals surface area contributed by atoms with E-state index >= 15 is 0 Å². The Labute approximate surface area is 152 Å². The topological polar surface area (TPSA) is 69.6 Å². The molecule has 0 radical (unpaired) electrons. The molecule has 1 aromatic heterocycles. The first-order valence-electron chi connectivity index (χ1n) is 9.63. The Kier molecular flexibility index (Phi) is 3.81. The van der Waals surface area contributed by atoms with Gasteiger partial charge in [-0.05, 0) is 43.2 Å². The summed E-state index contributed by atoms with van der Waals surface area (Å²) >= 11 is 0. The highest BCUT2D eigenvalue weighted by atomic mass is 16.3. The number of aliphatic hydroxyl groups is 1. The summed E-state index contributed by atoms with van der Waals surface area (Å²) in [5, 5.41) is 10.0. The lowest BCUT2D eigenvalue weighted by Gasteiger charge is -2.56. The lowest BCUT2D eigenvalue weighted by Crippen LogP contribution is -2.66. The van der Waals surface area contributed by atoms with Crippen LogP contribution in [0.4, 0.5) is 5.82 Å². The van der Waals surface area contributed by atoms with Crippen molar-refractivity contribution in [2.75, 3.05) is 24.6 Å². The number of para-hydroxylation sites is 2. The van der Waals surface area contributed by atoms with Crippen LogP contribution in [0.1, 0.15) is 25.7 Å². The van der Waals surface area contributed by atoms with Crippen LogP contribution in [0.25, 0.3) is 11.0 Å². The van der Waals surface area contributed by atoms with Crippen LogP contribution in [-0.2, 0) is 4.79 Å². The molecule has 136 valence electrons. The highest BCUT2D eigenvalue weighted by Crippen LogP contribution is 2.42. The molecule has 1 N–H and O–H groups in total. The number of carbonyl (C=O) groups excluding carboxylic acids is 1. The van der Waals surface area contributed by atoms with E-state index in [2.05, 4.69) is 9.88 Å². The van der Waals surface area contributed by atoms with E-state index in [0.29, 0.717) is 18.3 Å². The maximum atomic E-state index is 12.5. The zero-order valence-electron chi connectivity index (χ0n) is 14.8. The quantitative estimate of drug-likeness (QED) is 0.893. The van der Waals surface area contributed by atoms with E-state index in [1.165, 1.54) is 0 Å². The summed E-state index contributed by atoms with van der Waals surface area (Å²) in [6.07, 6.45) is 5.61. The second-order valence-corrected chi connectivity index (χ2v) is 7.89. The standard InChI is InChI=1S/C20H24N4O2/c25-12-18-14-8-13(17-6-3-7-20(26)24(17)18)10-23(11-14)19-9-21-15-4-1-2-5-16(15)22-19/h1-2,4-5,9,13-14,17-18,25H,3,6-8,10-12H2/t13-,14+,17+,18+/m1/s1. The van der Waals surface area contributed by atoms with Crippen LogP contribution in [0.15, 0.2) is 30.5 Å². The minimum atomic E-state index is -0.0553. The summed E-state index contributed by atoms with van der Waals surface area (Å²) in [6.45, 7) is 1.79. The fourth-order valence-electron chi connectivity index (χ4n) is 5.30. The summed E-state index contributed by atoms with van der Waals surface area (Å²) in [6, 6.07) is 8.14. The Morgan fingerprint density at radius 1 is 1.15 bits per heavy atom. The van der Waals surface area contributed by atoms with Crippen molar-refractivity contribution in [3.8, 4) is 0 Å². The molecule has 4 atom stereocenters. The largest absolute Gasteiger partial charge is 0.394 e. The molecule has 6 nitrogen and oxygen atoms in total. The van der Waals surface area contributed by atoms with Gasteiger partial charge in [0.15, 0.2) is 0 Å². The second kappa shape index (κ2) is 6.20. The van der Waals surface area contributed by atoms with Crippen molar-refractivity contribution in [2.45, 2.75) is 37.8 Å². The smallest absolute Gasteiger partial charge is 0.223 e. The number of benzene rings is 1. The van der Waals surface area contributed by atoms with Gasteiger partial charge in [0, 0.05) is 25.6 Å². The molecule has 3 aliphatic heterocycles. The molecule has 26 heavy (non-hydrogen) atoms. The van der Waals surface area contributed by atoms with Gasteiger partial charge in [-0.1, -0.05) is 12.1 Å². The maximum Gasteiger partial charge on any atom is 0.223 e. The van der Waals surface area contributed by atoms with E-state index in [0.717, 1.165) is 49.2 Å². The van der Waals surface area contributed by atoms with Crippen molar-refractivity contribution >= 4 is 22.8 Å². The van der Waals surface area contributed by atoms with Crippen LogP contribution >= 0.6 is 0 Å². The Hall–Kier alpha value is -2.21. The van der Waals surface area contributed by atoms with Gasteiger partial charge in [-0.3, -0.25) is 9.78 Å². The second-order valence-electron chi connectivity index (χ2n) is 7.89. The van der Waals surface area contributed by atoms with Crippen LogP contribution in [0.5, 0.6) is 0 Å². The van der Waals surface area contributed by atoms with Gasteiger partial charge in [0.2, 0.25) is 5.91 Å². The number of anilines is 1. The minimum Gasteiger partial charge on any atom is -0.394 e. The number of rotatable bonds is 2. The summed E-state index contributed by atoms with van der Waals surface area (Å²) in [7, 11) is 0. The number of nitrogens with zero attached hydrogens (tertiary/aromatic N) is 4. The SMILES string of the molecule is O=C1CCC[C@H]2[C@@H]3C[C@@H](CN(c4cnc5ccccc5n4)C3)[C@H](CO)N12. The van der Waals surface area contributed by atoms with Crippen molar-refractivity contribution in [2.24, 2.45) is 11.8 Å². The fraction of sp³-hybridized carbons (Fsp3) is 0.550. The third kappa shape index (κ3) is 2.47. The Morgan fingerprint density at radius 3 is 2.81 bits per heavy atom. The van der Waals surface area contributed by atoms with Gasteiger partial charge in [-0.2, -0.15) is 0 Å². The number of hydrogen-bond acceptors (Lipinski definition) is 5. The molecule has 5 rings (SSSR count). The number of amides is 1. The molecular formula is C20H24N4O2. The first-order chi connectivity index (χ1) is 12.7. The predicted molar refractivity (Wildman–Crippen MR) is 98.7 cm³/mol. The Morgan fingerprint density at radius 2 is 1.96 bits per heavy atom. The third-order valence-corrected chi connectivity index (χ3v) is 6.44. The zero-order chi connectivity index (χ0) is 17.7. The van der Waals surface area contributed by atoms with Gasteiger partial charge >= 0.3 is 0 Å². The first-order valence-corrected chi connectivity index (χ1v) is 9.63. The summed E-state index contributed by atoms with van der Waals surface area (Å²) in [5.74, 6) is 1.89. The van der Waals surface area contributed by atoms with Crippen molar-refractivity contribution in [3.05, 3.63) is 30.5 Å². The van der Waals surface area contributed by atoms with Gasteiger partial charge in [-0.15, -0.1) is 0 Å². The van der Waals surface area contributed by atoms with Crippen LogP contribution in [0, 0.1) is 11.8 Å². The number of aromatic nitrogens is 2. The number of carbonyl (C=O) groups is 1. The Balaban J connectivity index is 1.47. The van der Waals surface area contributed by atoms with Crippen LogP contribution in [0.3, 0.4) is 0 Å². The molecule has 1 amide bonds. The average Bonchev–Trinajstić information content (AvgIpc) is 2.68. The minimum absolute atomic E-state index is 0.0524. The molecule has 0 spiro atoms. The molecule has 0 unspecified atom stereocenters. The molecule has 4 heterocycles. The number of aliphatic hydroxyl groups excluding tert-OH is 1. The van der Waals surface area contributed by atoms with E-state index in [9.17, 15) is 9.90 Å². The molecule has 1 aromatic carbocycles. The molecule has 3 fully saturated rings. The normalized spacial score (nSPS) is 31.2. The van der Waals surface area contributed by atoms with Gasteiger partial charge in [0.1, 0.15) is 5.82 Å². The van der Waals surface area contributed by atoms with Crippen molar-refractivity contribution < 1.29 is 9.90 Å². The number of fused-ring (bicyclic) bond motifs is 5. The molecule has 6 heteroatoms. The highest BCUT2D eigenvalue weighted by Gasteiger charge is 2.49. The number of piperidine rings is 3. The predicted octanol–water partition coefficient (Wildman–Crippen LogP) is 1.83. The fourth-order valence-corrected chi connectivity index (χ4v) is 5.30. The van der Waals surface area contributed by atoms with Crippen molar-refractivity contribution in [1.29, 1.82) is 0 Å². The molecule has 3 saturated heterocycles. The first kappa shape index (κ1) is 16.0. The van der Waals surface area contributed by atoms with Crippen molar-refractivity contribution in [1.82, 2.24) is 14.9 Å². The lowest BCUT2D eigenvalue weighted by molar-refractivity contribution is -0.150. The van der Waals surface area contributed by atoms with Gasteiger partial charge in [-0.25, -0.2) is 4.98 Å². The summed E-state index contributed by atoms with van der Waals surface area (Å²) in [4.78, 5) is 26.2. The highest BCUT2D eigenvalue weighted by molar-refractivity contribution is 5.78. The monoisotopic (exact) mass is 352 g/mol. The molecule has 0 aliphatic carbocycles. The average molecular weight is 352 g/mol. The summed E-state index contributed by atoms with van der Waals surface area (Å²) < 4.78 is 0.